The Kier molecular flexibility index (Phi) is 4.21. The number of hydrogen-bond acceptors (Lipinski definition) is 3. The summed E-state index contributed by atoms with van der Waals surface area (Å²) in [5, 5.41) is 19.9. The second kappa shape index (κ2) is 5.76. The first-order valence-corrected chi connectivity index (χ1v) is 7.20. The SMILES string of the molecule is C=C(C)[C@@H]1CCC(C)=C[C@H]1c1c(O)cc(O)cc1C(C)=O. The second-order valence-electron chi connectivity index (χ2n) is 6.01. The molecule has 0 saturated carbocycles. The maximum atomic E-state index is 11.9. The topological polar surface area (TPSA) is 57.5 Å². The van der Waals surface area contributed by atoms with Crippen LogP contribution in [0.1, 0.15) is 55.5 Å². The zero-order chi connectivity index (χ0) is 15.7. The molecule has 0 radical (unpaired) electrons. The molecule has 0 spiro atoms. The summed E-state index contributed by atoms with van der Waals surface area (Å²) in [6.07, 6.45) is 4.07. The van der Waals surface area contributed by atoms with Crippen molar-refractivity contribution in [2.75, 3.05) is 0 Å². The summed E-state index contributed by atoms with van der Waals surface area (Å²) in [4.78, 5) is 11.9. The average molecular weight is 286 g/mol. The normalized spacial score (nSPS) is 21.8. The van der Waals surface area contributed by atoms with Crippen LogP contribution in [0, 0.1) is 5.92 Å². The van der Waals surface area contributed by atoms with Gasteiger partial charge in [0.2, 0.25) is 0 Å². The number of Topliss-reactive ketones (excluding diaryl/α,β-unsaturated/α-hetero) is 1. The van der Waals surface area contributed by atoms with Crippen molar-refractivity contribution in [3.05, 3.63) is 47.1 Å². The summed E-state index contributed by atoms with van der Waals surface area (Å²) in [6.45, 7) is 9.55. The summed E-state index contributed by atoms with van der Waals surface area (Å²) in [6, 6.07) is 2.74. The minimum Gasteiger partial charge on any atom is -0.508 e. The molecule has 3 heteroatoms. The first-order chi connectivity index (χ1) is 9.81. The number of benzene rings is 1. The third kappa shape index (κ3) is 3.02. The Morgan fingerprint density at radius 3 is 2.52 bits per heavy atom. The zero-order valence-corrected chi connectivity index (χ0v) is 12.8. The van der Waals surface area contributed by atoms with Crippen LogP contribution in [0.5, 0.6) is 11.5 Å². The maximum Gasteiger partial charge on any atom is 0.160 e. The first kappa shape index (κ1) is 15.4. The number of allylic oxidation sites excluding steroid dienone is 3. The van der Waals surface area contributed by atoms with E-state index in [4.69, 9.17) is 0 Å². The molecule has 21 heavy (non-hydrogen) atoms. The number of rotatable bonds is 3. The maximum absolute atomic E-state index is 11.9. The fourth-order valence-electron chi connectivity index (χ4n) is 3.17. The number of phenols is 2. The molecule has 2 atom stereocenters. The quantitative estimate of drug-likeness (QED) is 0.642. The second-order valence-corrected chi connectivity index (χ2v) is 6.01. The van der Waals surface area contributed by atoms with Crippen molar-refractivity contribution in [2.45, 2.75) is 39.5 Å². The van der Waals surface area contributed by atoms with Gasteiger partial charge in [0.25, 0.3) is 0 Å². The molecule has 2 rings (SSSR count). The molecule has 0 heterocycles. The van der Waals surface area contributed by atoms with Crippen LogP contribution in [0.2, 0.25) is 0 Å². The van der Waals surface area contributed by atoms with E-state index in [0.717, 1.165) is 18.4 Å². The standard InChI is InChI=1S/C18H22O3/c1-10(2)14-6-5-11(3)7-16(14)18-15(12(4)19)8-13(20)9-17(18)21/h7-9,14,16,20-21H,1,5-6H2,2-4H3/t14-,16+/m0/s1. The van der Waals surface area contributed by atoms with Crippen LogP contribution in [0.3, 0.4) is 0 Å². The molecule has 1 aromatic carbocycles. The van der Waals surface area contributed by atoms with Crippen molar-refractivity contribution >= 4 is 5.78 Å². The van der Waals surface area contributed by atoms with Gasteiger partial charge in [-0.15, -0.1) is 0 Å². The molecule has 0 unspecified atom stereocenters. The van der Waals surface area contributed by atoms with Gasteiger partial charge in [0.15, 0.2) is 5.78 Å². The first-order valence-electron chi connectivity index (χ1n) is 7.20. The van der Waals surface area contributed by atoms with Crippen molar-refractivity contribution in [3.8, 4) is 11.5 Å². The van der Waals surface area contributed by atoms with Gasteiger partial charge in [0.05, 0.1) is 0 Å². The molecule has 1 aliphatic rings. The van der Waals surface area contributed by atoms with E-state index in [-0.39, 0.29) is 29.1 Å². The van der Waals surface area contributed by atoms with Gasteiger partial charge >= 0.3 is 0 Å². The fourth-order valence-corrected chi connectivity index (χ4v) is 3.17. The fraction of sp³-hybridized carbons (Fsp3) is 0.389. The van der Waals surface area contributed by atoms with Crippen molar-refractivity contribution < 1.29 is 15.0 Å². The Balaban J connectivity index is 2.65. The van der Waals surface area contributed by atoms with Crippen LogP contribution < -0.4 is 0 Å². The zero-order valence-electron chi connectivity index (χ0n) is 12.8. The molecule has 0 amide bonds. The van der Waals surface area contributed by atoms with Crippen LogP contribution in [-0.2, 0) is 0 Å². The Morgan fingerprint density at radius 2 is 1.95 bits per heavy atom. The monoisotopic (exact) mass is 286 g/mol. The van der Waals surface area contributed by atoms with Crippen LogP contribution in [-0.4, -0.2) is 16.0 Å². The van der Waals surface area contributed by atoms with Crippen LogP contribution in [0.25, 0.3) is 0 Å². The van der Waals surface area contributed by atoms with Gasteiger partial charge < -0.3 is 10.2 Å². The lowest BCUT2D eigenvalue weighted by molar-refractivity contribution is 0.101. The van der Waals surface area contributed by atoms with Crippen LogP contribution in [0.4, 0.5) is 0 Å². The molecule has 3 nitrogen and oxygen atoms in total. The minimum absolute atomic E-state index is 0.0256. The average Bonchev–Trinajstić information content (AvgIpc) is 2.37. The number of aromatic hydroxyl groups is 2. The number of ketones is 1. The van der Waals surface area contributed by atoms with Crippen molar-refractivity contribution in [1.82, 2.24) is 0 Å². The third-order valence-electron chi connectivity index (χ3n) is 4.24. The predicted molar refractivity (Wildman–Crippen MR) is 83.8 cm³/mol. The summed E-state index contributed by atoms with van der Waals surface area (Å²) >= 11 is 0. The van der Waals surface area contributed by atoms with Crippen LogP contribution >= 0.6 is 0 Å². The van der Waals surface area contributed by atoms with E-state index in [1.807, 2.05) is 6.92 Å². The molecule has 0 aromatic heterocycles. The van der Waals surface area contributed by atoms with Crippen molar-refractivity contribution in [2.24, 2.45) is 5.92 Å². The van der Waals surface area contributed by atoms with Gasteiger partial charge in [-0.05, 0) is 45.6 Å². The highest BCUT2D eigenvalue weighted by Gasteiger charge is 2.30. The van der Waals surface area contributed by atoms with E-state index < -0.39 is 0 Å². The minimum atomic E-state index is -0.159. The lowest BCUT2D eigenvalue weighted by Crippen LogP contribution is -2.19. The van der Waals surface area contributed by atoms with Gasteiger partial charge in [-0.1, -0.05) is 23.8 Å². The Hall–Kier alpha value is -2.03. The Morgan fingerprint density at radius 1 is 1.29 bits per heavy atom. The molecular formula is C18H22O3. The lowest BCUT2D eigenvalue weighted by atomic mass is 9.72. The van der Waals surface area contributed by atoms with Gasteiger partial charge in [-0.2, -0.15) is 0 Å². The molecule has 0 saturated heterocycles. The summed E-state index contributed by atoms with van der Waals surface area (Å²) < 4.78 is 0. The molecule has 1 aliphatic carbocycles. The molecule has 0 fully saturated rings. The van der Waals surface area contributed by atoms with Gasteiger partial charge in [0, 0.05) is 23.1 Å². The summed E-state index contributed by atoms with van der Waals surface area (Å²) in [7, 11) is 0. The third-order valence-corrected chi connectivity index (χ3v) is 4.24. The van der Waals surface area contributed by atoms with Crippen molar-refractivity contribution in [1.29, 1.82) is 0 Å². The Bertz CT molecular complexity index is 626. The smallest absolute Gasteiger partial charge is 0.160 e. The van der Waals surface area contributed by atoms with E-state index in [9.17, 15) is 15.0 Å². The van der Waals surface area contributed by atoms with Gasteiger partial charge in [0.1, 0.15) is 11.5 Å². The highest BCUT2D eigenvalue weighted by Crippen LogP contribution is 2.45. The van der Waals surface area contributed by atoms with Crippen molar-refractivity contribution in [3.63, 3.8) is 0 Å². The summed E-state index contributed by atoms with van der Waals surface area (Å²) in [5.74, 6) is -0.154. The highest BCUT2D eigenvalue weighted by atomic mass is 16.3. The Labute approximate surface area is 125 Å². The molecule has 1 aromatic rings. The molecule has 112 valence electrons. The van der Waals surface area contributed by atoms with E-state index in [1.165, 1.54) is 24.6 Å². The van der Waals surface area contributed by atoms with Gasteiger partial charge in [-0.25, -0.2) is 0 Å². The molecular weight excluding hydrogens is 264 g/mol. The molecule has 2 N–H and O–H groups in total. The lowest BCUT2D eigenvalue weighted by Gasteiger charge is -2.32. The molecule has 0 aliphatic heterocycles. The number of carbonyl (C=O) groups excluding carboxylic acids is 1. The number of hydrogen-bond donors (Lipinski definition) is 2. The predicted octanol–water partition coefficient (Wildman–Crippen LogP) is 4.32. The van der Waals surface area contributed by atoms with Gasteiger partial charge in [-0.3, -0.25) is 4.79 Å². The molecule has 0 bridgehead atoms. The highest BCUT2D eigenvalue weighted by molar-refractivity contribution is 5.97. The number of carbonyl (C=O) groups is 1. The number of phenolic OH excluding ortho intramolecular Hbond substituents is 2. The van der Waals surface area contributed by atoms with E-state index >= 15 is 0 Å². The summed E-state index contributed by atoms with van der Waals surface area (Å²) in [5.41, 5.74) is 3.28. The van der Waals surface area contributed by atoms with E-state index in [2.05, 4.69) is 19.6 Å². The van der Waals surface area contributed by atoms with E-state index in [0.29, 0.717) is 11.1 Å². The van der Waals surface area contributed by atoms with Crippen LogP contribution in [0.15, 0.2) is 35.9 Å². The largest absolute Gasteiger partial charge is 0.508 e. The van der Waals surface area contributed by atoms with E-state index in [1.54, 1.807) is 0 Å².